The summed E-state index contributed by atoms with van der Waals surface area (Å²) in [6.45, 7) is 0.990. The molecule has 0 radical (unpaired) electrons. The lowest BCUT2D eigenvalue weighted by Gasteiger charge is -2.07. The van der Waals surface area contributed by atoms with Crippen molar-refractivity contribution in [3.8, 4) is 0 Å². The van der Waals surface area contributed by atoms with E-state index >= 15 is 0 Å². The van der Waals surface area contributed by atoms with Crippen LogP contribution in [-0.2, 0) is 4.74 Å². The molecule has 0 aromatic heterocycles. The third kappa shape index (κ3) is 4.38. The van der Waals surface area contributed by atoms with Crippen molar-refractivity contribution < 1.29 is 4.74 Å². The van der Waals surface area contributed by atoms with Crippen molar-refractivity contribution in [1.82, 2.24) is 0 Å². The molecular formula is C8H15BrOS. The van der Waals surface area contributed by atoms with Crippen LogP contribution in [0.5, 0.6) is 0 Å². The van der Waals surface area contributed by atoms with Crippen LogP contribution in [0.4, 0.5) is 0 Å². The minimum Gasteiger partial charge on any atom is -0.377 e. The number of halogens is 1. The number of thioether (sulfide) groups is 1. The summed E-state index contributed by atoms with van der Waals surface area (Å²) in [5, 5.41) is 1.13. The molecule has 3 heteroatoms. The predicted molar refractivity (Wildman–Crippen MR) is 54.7 cm³/mol. The van der Waals surface area contributed by atoms with Crippen molar-refractivity contribution >= 4 is 27.7 Å². The van der Waals surface area contributed by atoms with Gasteiger partial charge in [0.25, 0.3) is 0 Å². The summed E-state index contributed by atoms with van der Waals surface area (Å²) in [5.74, 6) is 2.47. The van der Waals surface area contributed by atoms with Crippen LogP contribution in [0.2, 0.25) is 0 Å². The Hall–Kier alpha value is 0.790. The van der Waals surface area contributed by atoms with Gasteiger partial charge in [-0.15, -0.1) is 0 Å². The van der Waals surface area contributed by atoms with Crippen molar-refractivity contribution in [3.63, 3.8) is 0 Å². The first-order chi connectivity index (χ1) is 5.43. The van der Waals surface area contributed by atoms with Gasteiger partial charge in [-0.2, -0.15) is 11.8 Å². The monoisotopic (exact) mass is 238 g/mol. The van der Waals surface area contributed by atoms with Crippen LogP contribution in [0, 0.1) is 0 Å². The van der Waals surface area contributed by atoms with Crippen LogP contribution >= 0.6 is 27.7 Å². The van der Waals surface area contributed by atoms with Gasteiger partial charge in [-0.3, -0.25) is 0 Å². The summed E-state index contributed by atoms with van der Waals surface area (Å²) in [7, 11) is 0. The molecule has 1 heterocycles. The molecule has 1 rings (SSSR count). The molecule has 1 fully saturated rings. The Labute approximate surface area is 81.4 Å². The van der Waals surface area contributed by atoms with E-state index in [2.05, 4.69) is 15.9 Å². The molecular weight excluding hydrogens is 224 g/mol. The Morgan fingerprint density at radius 2 is 2.45 bits per heavy atom. The molecule has 1 nitrogen and oxygen atoms in total. The van der Waals surface area contributed by atoms with Gasteiger partial charge in [0, 0.05) is 17.7 Å². The number of hydrogen-bond acceptors (Lipinski definition) is 2. The SMILES string of the molecule is BrCCCSCC1CCCO1. The molecule has 0 amide bonds. The quantitative estimate of drug-likeness (QED) is 0.539. The molecule has 0 bridgehead atoms. The zero-order chi connectivity index (χ0) is 7.94. The maximum atomic E-state index is 5.50. The van der Waals surface area contributed by atoms with Crippen LogP contribution in [0.25, 0.3) is 0 Å². The Morgan fingerprint density at radius 1 is 1.55 bits per heavy atom. The minimum absolute atomic E-state index is 0.565. The van der Waals surface area contributed by atoms with Crippen LogP contribution in [0.1, 0.15) is 19.3 Å². The maximum Gasteiger partial charge on any atom is 0.0666 e. The third-order valence-corrected chi connectivity index (χ3v) is 3.50. The van der Waals surface area contributed by atoms with Crippen molar-refractivity contribution in [3.05, 3.63) is 0 Å². The second-order valence-electron chi connectivity index (χ2n) is 2.75. The first-order valence-corrected chi connectivity index (χ1v) is 6.46. The van der Waals surface area contributed by atoms with E-state index in [0.29, 0.717) is 6.10 Å². The zero-order valence-electron chi connectivity index (χ0n) is 6.72. The third-order valence-electron chi connectivity index (χ3n) is 1.75. The van der Waals surface area contributed by atoms with E-state index in [-0.39, 0.29) is 0 Å². The highest BCUT2D eigenvalue weighted by Crippen LogP contribution is 2.17. The largest absolute Gasteiger partial charge is 0.377 e. The average molecular weight is 239 g/mol. The van der Waals surface area contributed by atoms with Gasteiger partial charge in [0.15, 0.2) is 0 Å². The van der Waals surface area contributed by atoms with Crippen molar-refractivity contribution in [2.75, 3.05) is 23.4 Å². The topological polar surface area (TPSA) is 9.23 Å². The zero-order valence-corrected chi connectivity index (χ0v) is 9.12. The van der Waals surface area contributed by atoms with Crippen LogP contribution in [0.15, 0.2) is 0 Å². The van der Waals surface area contributed by atoms with Gasteiger partial charge in [0.2, 0.25) is 0 Å². The molecule has 1 unspecified atom stereocenters. The highest BCUT2D eigenvalue weighted by Gasteiger charge is 2.14. The summed E-state index contributed by atoms with van der Waals surface area (Å²) in [6.07, 6.45) is 4.39. The molecule has 0 aromatic rings. The Morgan fingerprint density at radius 3 is 3.09 bits per heavy atom. The van der Waals surface area contributed by atoms with E-state index in [9.17, 15) is 0 Å². The minimum atomic E-state index is 0.565. The molecule has 0 saturated carbocycles. The standard InChI is InChI=1S/C8H15BrOS/c9-4-2-6-11-7-8-3-1-5-10-8/h8H,1-7H2. The highest BCUT2D eigenvalue weighted by atomic mass is 79.9. The number of hydrogen-bond donors (Lipinski definition) is 0. The molecule has 0 N–H and O–H groups in total. The fraction of sp³-hybridized carbons (Fsp3) is 1.00. The molecule has 1 aliphatic heterocycles. The van der Waals surface area contributed by atoms with Gasteiger partial charge in [-0.1, -0.05) is 15.9 Å². The lowest BCUT2D eigenvalue weighted by molar-refractivity contribution is 0.129. The Bertz CT molecular complexity index is 94.1. The number of alkyl halides is 1. The molecule has 1 atom stereocenters. The summed E-state index contributed by atoms with van der Waals surface area (Å²) in [4.78, 5) is 0. The lowest BCUT2D eigenvalue weighted by atomic mass is 10.3. The Kier molecular flexibility index (Phi) is 5.68. The first-order valence-electron chi connectivity index (χ1n) is 4.19. The Balaban J connectivity index is 1.86. The number of rotatable bonds is 5. The highest BCUT2D eigenvalue weighted by molar-refractivity contribution is 9.09. The molecule has 66 valence electrons. The van der Waals surface area contributed by atoms with E-state index in [1.807, 2.05) is 11.8 Å². The van der Waals surface area contributed by atoms with E-state index in [1.165, 1.54) is 30.8 Å². The normalized spacial score (nSPS) is 24.3. The van der Waals surface area contributed by atoms with Crippen LogP contribution in [0.3, 0.4) is 0 Å². The summed E-state index contributed by atoms with van der Waals surface area (Å²) in [5.41, 5.74) is 0. The van der Waals surface area contributed by atoms with Gasteiger partial charge in [-0.25, -0.2) is 0 Å². The fourth-order valence-corrected chi connectivity index (χ4v) is 2.84. The molecule has 0 aliphatic carbocycles. The lowest BCUT2D eigenvalue weighted by Crippen LogP contribution is -2.08. The summed E-state index contributed by atoms with van der Waals surface area (Å²) in [6, 6.07) is 0. The van der Waals surface area contributed by atoms with E-state index in [4.69, 9.17) is 4.74 Å². The molecule has 1 aliphatic rings. The fourth-order valence-electron chi connectivity index (χ4n) is 1.15. The summed E-state index contributed by atoms with van der Waals surface area (Å²) < 4.78 is 5.50. The molecule has 11 heavy (non-hydrogen) atoms. The second-order valence-corrected chi connectivity index (χ2v) is 4.70. The van der Waals surface area contributed by atoms with Crippen molar-refractivity contribution in [2.24, 2.45) is 0 Å². The smallest absolute Gasteiger partial charge is 0.0666 e. The average Bonchev–Trinajstić information content (AvgIpc) is 2.50. The molecule has 1 saturated heterocycles. The van der Waals surface area contributed by atoms with Crippen LogP contribution < -0.4 is 0 Å². The molecule has 0 aromatic carbocycles. The van der Waals surface area contributed by atoms with E-state index < -0.39 is 0 Å². The van der Waals surface area contributed by atoms with Crippen LogP contribution in [-0.4, -0.2) is 29.5 Å². The van der Waals surface area contributed by atoms with Crippen molar-refractivity contribution in [1.29, 1.82) is 0 Å². The summed E-state index contributed by atoms with van der Waals surface area (Å²) >= 11 is 5.44. The van der Waals surface area contributed by atoms with Gasteiger partial charge in [0.1, 0.15) is 0 Å². The van der Waals surface area contributed by atoms with E-state index in [0.717, 1.165) is 11.9 Å². The molecule has 0 spiro atoms. The first kappa shape index (κ1) is 9.87. The van der Waals surface area contributed by atoms with E-state index in [1.54, 1.807) is 0 Å². The van der Waals surface area contributed by atoms with Gasteiger partial charge in [-0.05, 0) is 25.0 Å². The van der Waals surface area contributed by atoms with Crippen molar-refractivity contribution in [2.45, 2.75) is 25.4 Å². The second kappa shape index (κ2) is 6.32. The predicted octanol–water partition coefficient (Wildman–Crippen LogP) is 2.68. The van der Waals surface area contributed by atoms with Gasteiger partial charge >= 0.3 is 0 Å². The van der Waals surface area contributed by atoms with Gasteiger partial charge in [0.05, 0.1) is 6.10 Å². The van der Waals surface area contributed by atoms with Gasteiger partial charge < -0.3 is 4.74 Å². The maximum absolute atomic E-state index is 5.50. The number of ether oxygens (including phenoxy) is 1.